The summed E-state index contributed by atoms with van der Waals surface area (Å²) in [5.74, 6) is 0.695. The molecule has 0 unspecified atom stereocenters. The molecule has 0 N–H and O–H groups in total. The van der Waals surface area contributed by atoms with Crippen LogP contribution in [0, 0.1) is 0 Å². The van der Waals surface area contributed by atoms with Crippen molar-refractivity contribution in [1.82, 2.24) is 9.97 Å². The Kier molecular flexibility index (Phi) is 8.39. The summed E-state index contributed by atoms with van der Waals surface area (Å²) >= 11 is 1.86. The fourth-order valence-corrected chi connectivity index (χ4v) is 10.3. The average Bonchev–Trinajstić information content (AvgIpc) is 3.73. The van der Waals surface area contributed by atoms with Crippen molar-refractivity contribution in [2.45, 2.75) is 0 Å². The van der Waals surface area contributed by atoms with Crippen LogP contribution in [0.15, 0.2) is 218 Å². The first-order chi connectivity index (χ1) is 30.2. The Bertz CT molecular complexity index is 3620. The maximum absolute atomic E-state index is 5.28. The van der Waals surface area contributed by atoms with E-state index in [1.807, 2.05) is 11.3 Å². The highest BCUT2D eigenvalue weighted by Gasteiger charge is 2.16. The summed E-state index contributed by atoms with van der Waals surface area (Å²) in [4.78, 5) is 10.6. The summed E-state index contributed by atoms with van der Waals surface area (Å²) < 4.78 is 2.60. The van der Waals surface area contributed by atoms with Crippen molar-refractivity contribution >= 4 is 63.8 Å². The van der Waals surface area contributed by atoms with Gasteiger partial charge >= 0.3 is 0 Å². The molecule has 0 atom stereocenters. The van der Waals surface area contributed by atoms with E-state index in [0.717, 1.165) is 33.6 Å². The van der Waals surface area contributed by atoms with E-state index in [1.165, 1.54) is 80.3 Å². The lowest BCUT2D eigenvalue weighted by atomic mass is 9.89. The Labute approximate surface area is 357 Å². The molecule has 12 rings (SSSR count). The van der Waals surface area contributed by atoms with E-state index in [1.54, 1.807) is 0 Å². The lowest BCUT2D eigenvalue weighted by Gasteiger charge is -2.15. The Morgan fingerprint density at radius 2 is 0.885 bits per heavy atom. The molecule has 0 radical (unpaired) electrons. The summed E-state index contributed by atoms with van der Waals surface area (Å²) in [7, 11) is 0. The van der Waals surface area contributed by atoms with Gasteiger partial charge in [-0.3, -0.25) is 0 Å². The van der Waals surface area contributed by atoms with Gasteiger partial charge in [0.05, 0.1) is 11.4 Å². The third-order valence-corrected chi connectivity index (χ3v) is 13.3. The number of hydrogen-bond donors (Lipinski definition) is 0. The predicted molar refractivity (Wildman–Crippen MR) is 260 cm³/mol. The molecule has 0 aliphatic heterocycles. The van der Waals surface area contributed by atoms with E-state index < -0.39 is 0 Å². The lowest BCUT2D eigenvalue weighted by molar-refractivity contribution is 1.18. The van der Waals surface area contributed by atoms with Gasteiger partial charge in [0.1, 0.15) is 0 Å². The second-order valence-electron chi connectivity index (χ2n) is 15.7. The van der Waals surface area contributed by atoms with Crippen LogP contribution in [0.3, 0.4) is 0 Å². The smallest absolute Gasteiger partial charge is 0.160 e. The fourth-order valence-electron chi connectivity index (χ4n) is 9.07. The number of thiophene rings is 1. The summed E-state index contributed by atoms with van der Waals surface area (Å²) in [5.41, 5.74) is 12.0. The number of benzene rings is 10. The molecule has 0 amide bonds. The Morgan fingerprint density at radius 3 is 1.72 bits per heavy atom. The highest BCUT2D eigenvalue weighted by atomic mass is 32.1. The molecule has 0 aliphatic carbocycles. The Hall–Kier alpha value is -7.72. The minimum atomic E-state index is 0.695. The van der Waals surface area contributed by atoms with Crippen LogP contribution in [-0.4, -0.2) is 9.97 Å². The minimum Gasteiger partial charge on any atom is -0.228 e. The third kappa shape index (κ3) is 6.18. The molecule has 284 valence electrons. The van der Waals surface area contributed by atoms with E-state index >= 15 is 0 Å². The van der Waals surface area contributed by atoms with Crippen molar-refractivity contribution in [3.05, 3.63) is 218 Å². The Balaban J connectivity index is 0.995. The van der Waals surface area contributed by atoms with Crippen molar-refractivity contribution in [3.8, 4) is 67.3 Å². The topological polar surface area (TPSA) is 25.8 Å². The van der Waals surface area contributed by atoms with Crippen molar-refractivity contribution in [2.24, 2.45) is 0 Å². The largest absolute Gasteiger partial charge is 0.228 e. The van der Waals surface area contributed by atoms with E-state index in [4.69, 9.17) is 9.97 Å². The zero-order valence-electron chi connectivity index (χ0n) is 33.1. The van der Waals surface area contributed by atoms with Gasteiger partial charge in [0.15, 0.2) is 5.82 Å². The molecule has 0 bridgehead atoms. The van der Waals surface area contributed by atoms with Gasteiger partial charge in [0, 0.05) is 36.9 Å². The van der Waals surface area contributed by atoms with Gasteiger partial charge < -0.3 is 0 Å². The standard InChI is InChI=1S/C58H36N2S/c1-2-12-37(13-3-1)38-24-30-42(31-25-38)58-59-53(36-54(60-58)45-17-10-16-43(34-45)48-21-11-22-51-49-20-8-9-23-55(49)61-57(48)51)40-26-28-41(29-27-40)56-47-19-7-5-15-44(47)35-52-46-18-6-4-14-39(46)32-33-50(52)56/h1-36H. The molecule has 61 heavy (non-hydrogen) atoms. The van der Waals surface area contributed by atoms with Gasteiger partial charge in [-0.05, 0) is 90.0 Å². The molecule has 0 fully saturated rings. The molecule has 0 aliphatic rings. The van der Waals surface area contributed by atoms with Crippen LogP contribution in [-0.2, 0) is 0 Å². The van der Waals surface area contributed by atoms with Crippen LogP contribution >= 0.6 is 11.3 Å². The molecule has 2 heterocycles. The van der Waals surface area contributed by atoms with Gasteiger partial charge in [-0.15, -0.1) is 11.3 Å². The summed E-state index contributed by atoms with van der Waals surface area (Å²) in [5, 5.41) is 10.1. The van der Waals surface area contributed by atoms with Crippen molar-refractivity contribution in [2.75, 3.05) is 0 Å². The summed E-state index contributed by atoms with van der Waals surface area (Å²) in [6.45, 7) is 0. The second kappa shape index (κ2) is 14.5. The van der Waals surface area contributed by atoms with Crippen molar-refractivity contribution in [3.63, 3.8) is 0 Å². The van der Waals surface area contributed by atoms with Crippen LogP contribution in [0.1, 0.15) is 0 Å². The summed E-state index contributed by atoms with van der Waals surface area (Å²) in [6.07, 6.45) is 0. The third-order valence-electron chi connectivity index (χ3n) is 12.1. The number of rotatable bonds is 6. The molecular formula is C58H36N2S. The van der Waals surface area contributed by atoms with E-state index in [2.05, 4.69) is 218 Å². The highest BCUT2D eigenvalue weighted by molar-refractivity contribution is 7.26. The van der Waals surface area contributed by atoms with E-state index in [0.29, 0.717) is 5.82 Å². The van der Waals surface area contributed by atoms with Crippen molar-refractivity contribution < 1.29 is 0 Å². The first-order valence-corrected chi connectivity index (χ1v) is 21.5. The molecule has 12 aromatic rings. The maximum Gasteiger partial charge on any atom is 0.160 e. The molecule has 0 saturated carbocycles. The first-order valence-electron chi connectivity index (χ1n) is 20.7. The highest BCUT2D eigenvalue weighted by Crippen LogP contribution is 2.42. The zero-order chi connectivity index (χ0) is 40.3. The molecule has 0 saturated heterocycles. The van der Waals surface area contributed by atoms with Crippen LogP contribution in [0.2, 0.25) is 0 Å². The van der Waals surface area contributed by atoms with Crippen molar-refractivity contribution in [1.29, 1.82) is 0 Å². The molecule has 3 heteroatoms. The fraction of sp³-hybridized carbons (Fsp3) is 0. The van der Waals surface area contributed by atoms with Crippen LogP contribution in [0.25, 0.3) is 120 Å². The normalized spacial score (nSPS) is 11.6. The average molecular weight is 793 g/mol. The minimum absolute atomic E-state index is 0.695. The zero-order valence-corrected chi connectivity index (χ0v) is 33.9. The van der Waals surface area contributed by atoms with Crippen LogP contribution in [0.5, 0.6) is 0 Å². The first kappa shape index (κ1) is 35.2. The van der Waals surface area contributed by atoms with Gasteiger partial charge in [-0.2, -0.15) is 0 Å². The van der Waals surface area contributed by atoms with Crippen LogP contribution < -0.4 is 0 Å². The van der Waals surface area contributed by atoms with E-state index in [9.17, 15) is 0 Å². The predicted octanol–water partition coefficient (Wildman–Crippen LogP) is 16.3. The lowest BCUT2D eigenvalue weighted by Crippen LogP contribution is -1.96. The quantitative estimate of drug-likeness (QED) is 0.124. The number of hydrogen-bond acceptors (Lipinski definition) is 3. The number of fused-ring (bicyclic) bond motifs is 7. The molecule has 2 aromatic heterocycles. The monoisotopic (exact) mass is 792 g/mol. The van der Waals surface area contributed by atoms with Gasteiger partial charge in [0.2, 0.25) is 0 Å². The molecule has 2 nitrogen and oxygen atoms in total. The van der Waals surface area contributed by atoms with Gasteiger partial charge in [0.25, 0.3) is 0 Å². The molecular weight excluding hydrogens is 757 g/mol. The maximum atomic E-state index is 5.28. The second-order valence-corrected chi connectivity index (χ2v) is 16.8. The molecule has 0 spiro atoms. The van der Waals surface area contributed by atoms with Gasteiger partial charge in [-0.25, -0.2) is 9.97 Å². The number of aromatic nitrogens is 2. The summed E-state index contributed by atoms with van der Waals surface area (Å²) in [6, 6.07) is 78.7. The van der Waals surface area contributed by atoms with E-state index in [-0.39, 0.29) is 0 Å². The Morgan fingerprint density at radius 1 is 0.295 bits per heavy atom. The SMILES string of the molecule is c1ccc(-c2ccc(-c3nc(-c4ccc(-c5c6ccccc6cc6c5ccc5ccccc56)cc4)cc(-c4cccc(-c5cccc6c5sc5ccccc56)c4)n3)cc2)cc1. The number of nitrogens with zero attached hydrogens (tertiary/aromatic N) is 2. The van der Waals surface area contributed by atoms with Gasteiger partial charge in [-0.1, -0.05) is 194 Å². The molecule has 10 aromatic carbocycles. The van der Waals surface area contributed by atoms with Crippen LogP contribution in [0.4, 0.5) is 0 Å².